The predicted octanol–water partition coefficient (Wildman–Crippen LogP) is 4.35. The van der Waals surface area contributed by atoms with Gasteiger partial charge in [0.05, 0.1) is 31.4 Å². The maximum absolute atomic E-state index is 13.7. The first-order chi connectivity index (χ1) is 19.5. The summed E-state index contributed by atoms with van der Waals surface area (Å²) in [4.78, 5) is 50.4. The van der Waals surface area contributed by atoms with E-state index in [2.05, 4.69) is 20.8 Å². The number of aromatic carboxylic acids is 1. The Hall–Kier alpha value is -3.34. The van der Waals surface area contributed by atoms with Gasteiger partial charge in [-0.25, -0.2) is 9.59 Å². The highest BCUT2D eigenvalue weighted by molar-refractivity contribution is 6.11. The third kappa shape index (κ3) is 5.20. The highest BCUT2D eigenvalue weighted by atomic mass is 16.5. The van der Waals surface area contributed by atoms with Gasteiger partial charge >= 0.3 is 17.9 Å². The average Bonchev–Trinajstić information content (AvgIpc) is 3.19. The van der Waals surface area contributed by atoms with Crippen molar-refractivity contribution in [3.05, 3.63) is 22.3 Å². The van der Waals surface area contributed by atoms with Crippen LogP contribution < -0.4 is 9.47 Å². The molecule has 1 aliphatic heterocycles. The first-order valence-electron chi connectivity index (χ1n) is 14.6. The fourth-order valence-corrected chi connectivity index (χ4v) is 8.41. The summed E-state index contributed by atoms with van der Waals surface area (Å²) in [5, 5.41) is 40.7. The summed E-state index contributed by atoms with van der Waals surface area (Å²) < 4.78 is 12.0. The van der Waals surface area contributed by atoms with Crippen LogP contribution in [0.4, 0.5) is 0 Å². The summed E-state index contributed by atoms with van der Waals surface area (Å²) in [6.07, 6.45) is 3.74. The molecule has 2 aliphatic carbocycles. The maximum atomic E-state index is 13.7. The number of hydrogen-bond donors (Lipinski definition) is 4. The third-order valence-electron chi connectivity index (χ3n) is 10.4. The van der Waals surface area contributed by atoms with E-state index in [0.29, 0.717) is 17.9 Å². The molecule has 2 saturated carbocycles. The Morgan fingerprint density at radius 3 is 2.29 bits per heavy atom. The summed E-state index contributed by atoms with van der Waals surface area (Å²) in [5.74, 6) is -4.60. The summed E-state index contributed by atoms with van der Waals surface area (Å²) >= 11 is 0. The molecule has 1 amide bonds. The Kier molecular flexibility index (Phi) is 8.32. The molecule has 0 radical (unpaired) electrons. The number of aliphatic carboxylic acids is 2. The largest absolute Gasteiger partial charge is 0.495 e. The number of ether oxygens (including phenoxy) is 2. The number of rotatable bonds is 10. The number of carbonyl (C=O) groups is 4. The summed E-state index contributed by atoms with van der Waals surface area (Å²) in [6.45, 7) is 10.1. The van der Waals surface area contributed by atoms with E-state index in [1.165, 1.54) is 7.11 Å². The van der Waals surface area contributed by atoms with Crippen molar-refractivity contribution in [1.82, 2.24) is 4.90 Å². The molecule has 232 valence electrons. The number of aliphatic hydroxyl groups is 1. The molecule has 0 saturated heterocycles. The fraction of sp³-hybridized carbons (Fsp3) is 0.677. The van der Waals surface area contributed by atoms with Crippen LogP contribution in [-0.2, 0) is 16.1 Å². The second kappa shape index (κ2) is 11.1. The molecule has 4 rings (SSSR count). The molecule has 1 aromatic rings. The molecule has 2 fully saturated rings. The van der Waals surface area contributed by atoms with Gasteiger partial charge in [-0.2, -0.15) is 0 Å². The summed E-state index contributed by atoms with van der Waals surface area (Å²) in [6, 6.07) is -1.48. The van der Waals surface area contributed by atoms with Crippen LogP contribution >= 0.6 is 0 Å². The van der Waals surface area contributed by atoms with Gasteiger partial charge in [-0.3, -0.25) is 9.59 Å². The minimum Gasteiger partial charge on any atom is -0.495 e. The van der Waals surface area contributed by atoms with Crippen LogP contribution in [0.2, 0.25) is 0 Å². The highest BCUT2D eigenvalue weighted by Crippen LogP contribution is 2.62. The molecule has 42 heavy (non-hydrogen) atoms. The van der Waals surface area contributed by atoms with Crippen molar-refractivity contribution < 1.29 is 49.1 Å². The van der Waals surface area contributed by atoms with Gasteiger partial charge in [0.15, 0.2) is 0 Å². The lowest BCUT2D eigenvalue weighted by Gasteiger charge is -2.61. The molecule has 1 aromatic carbocycles. The normalized spacial score (nSPS) is 28.9. The van der Waals surface area contributed by atoms with Crippen molar-refractivity contribution in [3.63, 3.8) is 0 Å². The monoisotopic (exact) mass is 589 g/mol. The lowest BCUT2D eigenvalue weighted by atomic mass is 9.46. The van der Waals surface area contributed by atoms with E-state index in [0.717, 1.165) is 30.6 Å². The fourth-order valence-electron chi connectivity index (χ4n) is 8.41. The lowest BCUT2D eigenvalue weighted by Crippen LogP contribution is -2.59. The van der Waals surface area contributed by atoms with Gasteiger partial charge in [-0.1, -0.05) is 27.2 Å². The molecule has 1 heterocycles. The van der Waals surface area contributed by atoms with E-state index >= 15 is 0 Å². The van der Waals surface area contributed by atoms with Crippen molar-refractivity contribution in [2.24, 2.45) is 22.7 Å². The van der Waals surface area contributed by atoms with E-state index < -0.39 is 47.4 Å². The van der Waals surface area contributed by atoms with E-state index in [-0.39, 0.29) is 58.9 Å². The topological polar surface area (TPSA) is 171 Å². The van der Waals surface area contributed by atoms with E-state index in [4.69, 9.17) is 14.6 Å². The van der Waals surface area contributed by atoms with Gasteiger partial charge < -0.3 is 34.8 Å². The number of amides is 1. The molecule has 0 unspecified atom stereocenters. The number of methoxy groups -OCH3 is 1. The van der Waals surface area contributed by atoms with Gasteiger partial charge in [-0.05, 0) is 62.7 Å². The van der Waals surface area contributed by atoms with Gasteiger partial charge in [0.2, 0.25) is 0 Å². The van der Waals surface area contributed by atoms with Crippen LogP contribution in [0.25, 0.3) is 0 Å². The minimum atomic E-state index is -1.48. The second-order valence-electron chi connectivity index (χ2n) is 13.4. The molecule has 5 atom stereocenters. The van der Waals surface area contributed by atoms with Crippen molar-refractivity contribution in [2.45, 2.75) is 97.8 Å². The molecule has 11 nitrogen and oxygen atoms in total. The van der Waals surface area contributed by atoms with Gasteiger partial charge in [0.25, 0.3) is 5.91 Å². The Morgan fingerprint density at radius 1 is 1.05 bits per heavy atom. The first-order valence-corrected chi connectivity index (χ1v) is 14.6. The molecule has 4 N–H and O–H groups in total. The van der Waals surface area contributed by atoms with E-state index in [1.807, 2.05) is 6.92 Å². The third-order valence-corrected chi connectivity index (χ3v) is 10.4. The number of benzene rings is 1. The van der Waals surface area contributed by atoms with Crippen molar-refractivity contribution in [3.8, 4) is 11.5 Å². The SMILES string of the molecule is COc1c(C)c(OC[C@@H]2[C@@]3(C)CCCC(C)(C)[C@@H]3CC[C@@]2(C)O)c2c(c1C(=O)O)C(=O)N([C@H](CCC(=O)O)C(=O)O)C2. The van der Waals surface area contributed by atoms with Crippen molar-refractivity contribution in [1.29, 1.82) is 0 Å². The number of hydrogen-bond acceptors (Lipinski definition) is 7. The van der Waals surface area contributed by atoms with Crippen LogP contribution in [0.1, 0.15) is 104 Å². The highest BCUT2D eigenvalue weighted by Gasteiger charge is 2.58. The quantitative estimate of drug-likeness (QED) is 0.308. The zero-order chi connectivity index (χ0) is 31.4. The Balaban J connectivity index is 1.78. The van der Waals surface area contributed by atoms with E-state index in [1.54, 1.807) is 6.92 Å². The second-order valence-corrected chi connectivity index (χ2v) is 13.4. The molecule has 0 spiro atoms. The summed E-state index contributed by atoms with van der Waals surface area (Å²) in [7, 11) is 1.29. The van der Waals surface area contributed by atoms with Crippen LogP contribution in [-0.4, -0.2) is 74.5 Å². The standard InChI is InChI=1S/C31H43NO10/c1-16-24(42-15-20-30(4)12-7-11-29(2,3)19(30)10-13-31(20,5)40)17-14-32(18(27(36)37)8-9-21(33)34)26(35)22(17)23(28(38)39)25(16)41-6/h18-20,40H,7-15H2,1-6H3,(H,33,34)(H,36,37)(H,38,39)/t18-,19+,20-,30+,31-/m1/s1. The molecule has 3 aliphatic rings. The minimum absolute atomic E-state index is 0.0675. The molecule has 0 bridgehead atoms. The van der Waals surface area contributed by atoms with E-state index in [9.17, 15) is 34.5 Å². The average molecular weight is 590 g/mol. The zero-order valence-corrected chi connectivity index (χ0v) is 25.3. The van der Waals surface area contributed by atoms with Gasteiger partial charge in [0.1, 0.15) is 23.1 Å². The molecule has 0 aromatic heterocycles. The molecular weight excluding hydrogens is 546 g/mol. The zero-order valence-electron chi connectivity index (χ0n) is 25.3. The lowest BCUT2D eigenvalue weighted by molar-refractivity contribution is -0.176. The van der Waals surface area contributed by atoms with Crippen LogP contribution in [0.5, 0.6) is 11.5 Å². The predicted molar refractivity (Wildman–Crippen MR) is 151 cm³/mol. The van der Waals surface area contributed by atoms with Crippen LogP contribution in [0.3, 0.4) is 0 Å². The van der Waals surface area contributed by atoms with Gasteiger partial charge in [0, 0.05) is 23.5 Å². The summed E-state index contributed by atoms with van der Waals surface area (Å²) in [5.41, 5.74) is -1.19. The molecular formula is C31H43NO10. The Labute approximate surface area is 245 Å². The number of carboxylic acids is 3. The Morgan fingerprint density at radius 2 is 1.71 bits per heavy atom. The molecule has 11 heteroatoms. The number of carbonyl (C=O) groups excluding carboxylic acids is 1. The smallest absolute Gasteiger partial charge is 0.340 e. The van der Waals surface area contributed by atoms with Crippen LogP contribution in [0.15, 0.2) is 0 Å². The van der Waals surface area contributed by atoms with Gasteiger partial charge in [-0.15, -0.1) is 0 Å². The number of carboxylic acid groups (broad SMARTS) is 3. The maximum Gasteiger partial charge on any atom is 0.340 e. The van der Waals surface area contributed by atoms with Crippen molar-refractivity contribution in [2.75, 3.05) is 13.7 Å². The number of fused-ring (bicyclic) bond motifs is 2. The van der Waals surface area contributed by atoms with Crippen molar-refractivity contribution >= 4 is 23.8 Å². The number of nitrogens with zero attached hydrogens (tertiary/aromatic N) is 1. The Bertz CT molecular complexity index is 1300. The van der Waals surface area contributed by atoms with Crippen LogP contribution in [0, 0.1) is 29.6 Å². The first kappa shape index (κ1) is 31.6.